The highest BCUT2D eigenvalue weighted by Crippen LogP contribution is 2.19. The Morgan fingerprint density at radius 2 is 2.42 bits per heavy atom. The average Bonchev–Trinajstić information content (AvgIpc) is 2.39. The highest BCUT2D eigenvalue weighted by molar-refractivity contribution is 5.81. The second kappa shape index (κ2) is 7.97. The van der Waals surface area contributed by atoms with Crippen LogP contribution in [0.15, 0.2) is 29.4 Å². The molecule has 1 aromatic carbocycles. The van der Waals surface area contributed by atoms with Crippen LogP contribution in [0.1, 0.15) is 18.5 Å². The molecule has 1 aromatic rings. The minimum absolute atomic E-state index is 0.255. The van der Waals surface area contributed by atoms with Crippen molar-refractivity contribution in [3.05, 3.63) is 40.3 Å². The molecule has 0 fully saturated rings. The maximum atomic E-state index is 11.4. The van der Waals surface area contributed by atoms with Crippen LogP contribution in [0.5, 0.6) is 5.75 Å². The Kier molecular flexibility index (Phi) is 6.21. The molecule has 3 N–H and O–H groups in total. The maximum Gasteiger partial charge on any atom is 0.239 e. The molecule has 0 aliphatic carbocycles. The number of nitrogens with two attached hydrogens (primary N) is 1. The number of hydrogen-bond donors (Lipinski definition) is 2. The van der Waals surface area contributed by atoms with Gasteiger partial charge >= 0.3 is 0 Å². The van der Waals surface area contributed by atoms with Crippen LogP contribution in [0.2, 0.25) is 0 Å². The van der Waals surface area contributed by atoms with Crippen molar-refractivity contribution in [2.24, 2.45) is 10.8 Å². The first-order valence-corrected chi connectivity index (χ1v) is 5.95. The summed E-state index contributed by atoms with van der Waals surface area (Å²) in [5.41, 5.74) is 14.3. The summed E-state index contributed by atoms with van der Waals surface area (Å²) in [5.74, 6) is 0.192. The van der Waals surface area contributed by atoms with Crippen molar-refractivity contribution >= 4 is 5.91 Å². The molecule has 0 spiro atoms. The number of ether oxygens (including phenoxy) is 1. The second-order valence-corrected chi connectivity index (χ2v) is 3.75. The number of carbonyl (C=O) groups is 1. The highest BCUT2D eigenvalue weighted by Gasteiger charge is 2.17. The fraction of sp³-hybridized carbons (Fsp3) is 0.417. The Morgan fingerprint density at radius 3 is 3.05 bits per heavy atom. The smallest absolute Gasteiger partial charge is 0.239 e. The van der Waals surface area contributed by atoms with Crippen LogP contribution in [-0.4, -0.2) is 25.6 Å². The fourth-order valence-corrected chi connectivity index (χ4v) is 1.64. The third-order valence-electron chi connectivity index (χ3n) is 2.41. The van der Waals surface area contributed by atoms with E-state index < -0.39 is 11.9 Å². The lowest BCUT2D eigenvalue weighted by Gasteiger charge is -2.16. The van der Waals surface area contributed by atoms with Crippen LogP contribution in [0.4, 0.5) is 0 Å². The van der Waals surface area contributed by atoms with Crippen LogP contribution >= 0.6 is 0 Å². The van der Waals surface area contributed by atoms with E-state index in [0.717, 1.165) is 5.56 Å². The first-order chi connectivity index (χ1) is 9.19. The molecule has 0 saturated carbocycles. The summed E-state index contributed by atoms with van der Waals surface area (Å²) < 4.78 is 5.37. The van der Waals surface area contributed by atoms with Crippen molar-refractivity contribution in [1.82, 2.24) is 5.32 Å². The summed E-state index contributed by atoms with van der Waals surface area (Å²) >= 11 is 0. The van der Waals surface area contributed by atoms with Gasteiger partial charge in [-0.1, -0.05) is 17.2 Å². The van der Waals surface area contributed by atoms with Gasteiger partial charge in [-0.05, 0) is 30.2 Å². The van der Waals surface area contributed by atoms with Gasteiger partial charge in [0.2, 0.25) is 5.91 Å². The molecule has 1 amide bonds. The molecule has 102 valence electrons. The Bertz CT molecular complexity index is 471. The third-order valence-corrected chi connectivity index (χ3v) is 2.41. The summed E-state index contributed by atoms with van der Waals surface area (Å²) in [6.07, 6.45) is 0. The van der Waals surface area contributed by atoms with Crippen LogP contribution in [0, 0.1) is 0 Å². The van der Waals surface area contributed by atoms with E-state index in [9.17, 15) is 4.79 Å². The van der Waals surface area contributed by atoms with Crippen molar-refractivity contribution < 1.29 is 9.53 Å². The number of nitrogens with one attached hydrogen (secondary N) is 1. The minimum Gasteiger partial charge on any atom is -0.494 e. The van der Waals surface area contributed by atoms with Crippen molar-refractivity contribution in [1.29, 1.82) is 0 Å². The fourth-order valence-electron chi connectivity index (χ4n) is 1.64. The summed E-state index contributed by atoms with van der Waals surface area (Å²) in [6.45, 7) is 3.06. The van der Waals surface area contributed by atoms with Crippen LogP contribution in [0.25, 0.3) is 10.4 Å². The van der Waals surface area contributed by atoms with E-state index in [-0.39, 0.29) is 6.54 Å². The Hall–Kier alpha value is -2.24. The number of benzene rings is 1. The van der Waals surface area contributed by atoms with Gasteiger partial charge in [0.05, 0.1) is 6.61 Å². The zero-order valence-corrected chi connectivity index (χ0v) is 10.7. The topological polar surface area (TPSA) is 113 Å². The molecule has 0 heterocycles. The SMILES string of the molecule is CCOc1cccc(C(NCCN=[N+]=[N-])C(N)=O)c1. The quantitative estimate of drug-likeness (QED) is 0.320. The lowest BCUT2D eigenvalue weighted by molar-refractivity contribution is -0.120. The molecule has 0 radical (unpaired) electrons. The Balaban J connectivity index is 2.77. The average molecular weight is 263 g/mol. The lowest BCUT2D eigenvalue weighted by atomic mass is 10.1. The zero-order chi connectivity index (χ0) is 14.1. The van der Waals surface area contributed by atoms with Gasteiger partial charge in [0.15, 0.2) is 0 Å². The van der Waals surface area contributed by atoms with Gasteiger partial charge in [0.25, 0.3) is 0 Å². The van der Waals surface area contributed by atoms with E-state index in [1.54, 1.807) is 18.2 Å². The van der Waals surface area contributed by atoms with Crippen LogP contribution in [-0.2, 0) is 4.79 Å². The Labute approximate surface area is 111 Å². The summed E-state index contributed by atoms with van der Waals surface area (Å²) in [7, 11) is 0. The molecule has 0 aliphatic heterocycles. The van der Waals surface area contributed by atoms with Crippen molar-refractivity contribution in [2.75, 3.05) is 19.7 Å². The normalized spacial score (nSPS) is 11.4. The van der Waals surface area contributed by atoms with Crippen molar-refractivity contribution in [3.63, 3.8) is 0 Å². The van der Waals surface area contributed by atoms with Gasteiger partial charge < -0.3 is 15.8 Å². The molecule has 1 unspecified atom stereocenters. The van der Waals surface area contributed by atoms with Gasteiger partial charge in [-0.2, -0.15) is 0 Å². The number of primary amides is 1. The standard InChI is InChI=1S/C12H17N5O2/c1-2-19-10-5-3-4-9(8-10)11(12(13)18)15-6-7-16-17-14/h3-5,8,11,15H,2,6-7H2,1H3,(H2,13,18). The molecule has 0 aromatic heterocycles. The van der Waals surface area contributed by atoms with Gasteiger partial charge in [0.1, 0.15) is 11.8 Å². The zero-order valence-electron chi connectivity index (χ0n) is 10.7. The number of amides is 1. The van der Waals surface area contributed by atoms with Gasteiger partial charge in [-0.3, -0.25) is 4.79 Å². The molecule has 7 heteroatoms. The number of rotatable bonds is 8. The molecule has 19 heavy (non-hydrogen) atoms. The van der Waals surface area contributed by atoms with Crippen LogP contribution < -0.4 is 15.8 Å². The van der Waals surface area contributed by atoms with Crippen molar-refractivity contribution in [2.45, 2.75) is 13.0 Å². The van der Waals surface area contributed by atoms with Crippen LogP contribution in [0.3, 0.4) is 0 Å². The lowest BCUT2D eigenvalue weighted by Crippen LogP contribution is -2.34. The van der Waals surface area contributed by atoms with E-state index in [0.29, 0.717) is 18.9 Å². The summed E-state index contributed by atoms with van der Waals surface area (Å²) in [4.78, 5) is 14.1. The molecule has 1 rings (SSSR count). The summed E-state index contributed by atoms with van der Waals surface area (Å²) in [6, 6.07) is 6.53. The molecule has 0 bridgehead atoms. The molecular formula is C12H17N5O2. The molecule has 0 saturated heterocycles. The molecule has 1 atom stereocenters. The van der Waals surface area contributed by atoms with Crippen molar-refractivity contribution in [3.8, 4) is 5.75 Å². The molecule has 0 aliphatic rings. The predicted molar refractivity (Wildman–Crippen MR) is 71.6 cm³/mol. The first kappa shape index (κ1) is 14.8. The molecular weight excluding hydrogens is 246 g/mol. The molecule has 7 nitrogen and oxygen atoms in total. The van der Waals surface area contributed by atoms with E-state index >= 15 is 0 Å². The summed E-state index contributed by atoms with van der Waals surface area (Å²) in [5, 5.41) is 6.33. The maximum absolute atomic E-state index is 11.4. The monoisotopic (exact) mass is 263 g/mol. The first-order valence-electron chi connectivity index (χ1n) is 5.95. The van der Waals surface area contributed by atoms with Gasteiger partial charge in [0, 0.05) is 18.0 Å². The van der Waals surface area contributed by atoms with E-state index in [1.807, 2.05) is 13.0 Å². The second-order valence-electron chi connectivity index (χ2n) is 3.75. The van der Waals surface area contributed by atoms with E-state index in [1.165, 1.54) is 0 Å². The largest absolute Gasteiger partial charge is 0.494 e. The van der Waals surface area contributed by atoms with E-state index in [2.05, 4.69) is 15.3 Å². The highest BCUT2D eigenvalue weighted by atomic mass is 16.5. The number of nitrogens with zero attached hydrogens (tertiary/aromatic N) is 3. The van der Waals surface area contributed by atoms with E-state index in [4.69, 9.17) is 16.0 Å². The minimum atomic E-state index is -0.630. The number of hydrogen-bond acceptors (Lipinski definition) is 4. The number of carbonyl (C=O) groups excluding carboxylic acids is 1. The third kappa shape index (κ3) is 4.87. The van der Waals surface area contributed by atoms with Gasteiger partial charge in [-0.15, -0.1) is 0 Å². The Morgan fingerprint density at radius 1 is 1.63 bits per heavy atom. The van der Waals surface area contributed by atoms with Gasteiger partial charge in [-0.25, -0.2) is 0 Å². The predicted octanol–water partition coefficient (Wildman–Crippen LogP) is 1.51. The number of azide groups is 1.